The van der Waals surface area contributed by atoms with Crippen LogP contribution in [0.2, 0.25) is 0 Å². The summed E-state index contributed by atoms with van der Waals surface area (Å²) in [4.78, 5) is 13.8. The molecule has 0 spiro atoms. The van der Waals surface area contributed by atoms with Crippen LogP contribution in [0.5, 0.6) is 0 Å². The number of morpholine rings is 1. The average molecular weight is 245 g/mol. The topological polar surface area (TPSA) is 42.7 Å². The van der Waals surface area contributed by atoms with E-state index in [9.17, 15) is 4.79 Å². The molecule has 2 aromatic rings. The van der Waals surface area contributed by atoms with E-state index in [1.54, 1.807) is 6.07 Å². The van der Waals surface area contributed by atoms with Gasteiger partial charge in [-0.2, -0.15) is 0 Å². The molecule has 18 heavy (non-hydrogen) atoms. The first kappa shape index (κ1) is 11.3. The van der Waals surface area contributed by atoms with Gasteiger partial charge < -0.3 is 14.1 Å². The van der Waals surface area contributed by atoms with Gasteiger partial charge in [0, 0.05) is 24.5 Å². The van der Waals surface area contributed by atoms with Crippen LogP contribution >= 0.6 is 0 Å². The van der Waals surface area contributed by atoms with Gasteiger partial charge in [-0.05, 0) is 19.1 Å². The van der Waals surface area contributed by atoms with Crippen LogP contribution in [-0.2, 0) is 4.74 Å². The largest absolute Gasteiger partial charge is 0.423 e. The van der Waals surface area contributed by atoms with Gasteiger partial charge in [0.15, 0.2) is 0 Å². The third kappa shape index (κ3) is 1.99. The summed E-state index contributed by atoms with van der Waals surface area (Å²) in [5, 5.41) is 0.997. The molecular weight excluding hydrogens is 230 g/mol. The lowest BCUT2D eigenvalue weighted by Crippen LogP contribution is -2.36. The zero-order valence-corrected chi connectivity index (χ0v) is 10.3. The van der Waals surface area contributed by atoms with E-state index in [-0.39, 0.29) is 5.63 Å². The third-order valence-electron chi connectivity index (χ3n) is 3.23. The number of rotatable bonds is 1. The smallest absolute Gasteiger partial charge is 0.338 e. The normalized spacial score (nSPS) is 16.2. The van der Waals surface area contributed by atoms with Gasteiger partial charge in [-0.25, -0.2) is 4.79 Å². The fourth-order valence-electron chi connectivity index (χ4n) is 2.33. The summed E-state index contributed by atoms with van der Waals surface area (Å²) in [7, 11) is 0. The van der Waals surface area contributed by atoms with Crippen LogP contribution in [0, 0.1) is 6.92 Å². The van der Waals surface area contributed by atoms with Gasteiger partial charge in [-0.15, -0.1) is 0 Å². The zero-order chi connectivity index (χ0) is 12.5. The van der Waals surface area contributed by atoms with Crippen molar-refractivity contribution in [2.45, 2.75) is 6.92 Å². The molecule has 0 bridgehead atoms. The average Bonchev–Trinajstić information content (AvgIpc) is 2.39. The Hall–Kier alpha value is -1.81. The summed E-state index contributed by atoms with van der Waals surface area (Å²) < 4.78 is 10.6. The van der Waals surface area contributed by atoms with Crippen molar-refractivity contribution in [1.29, 1.82) is 0 Å². The molecule has 4 nitrogen and oxygen atoms in total. The Morgan fingerprint density at radius 1 is 1.17 bits per heavy atom. The Bertz CT molecular complexity index is 626. The number of anilines is 1. The molecule has 0 atom stereocenters. The summed E-state index contributed by atoms with van der Waals surface area (Å²) in [5.41, 5.74) is 2.46. The summed E-state index contributed by atoms with van der Waals surface area (Å²) in [6, 6.07) is 7.44. The molecule has 0 saturated carbocycles. The summed E-state index contributed by atoms with van der Waals surface area (Å²) >= 11 is 0. The van der Waals surface area contributed by atoms with Crippen molar-refractivity contribution in [3.05, 3.63) is 40.2 Å². The maximum atomic E-state index is 11.6. The second-order valence-corrected chi connectivity index (χ2v) is 4.55. The van der Waals surface area contributed by atoms with Gasteiger partial charge in [-0.1, -0.05) is 11.6 Å². The van der Waals surface area contributed by atoms with E-state index >= 15 is 0 Å². The maximum Gasteiger partial charge on any atom is 0.338 e. The van der Waals surface area contributed by atoms with E-state index in [2.05, 4.69) is 11.0 Å². The lowest BCUT2D eigenvalue weighted by atomic mass is 10.1. The maximum absolute atomic E-state index is 11.6. The number of fused-ring (bicyclic) bond motifs is 1. The van der Waals surface area contributed by atoms with Gasteiger partial charge in [0.25, 0.3) is 0 Å². The minimum Gasteiger partial charge on any atom is -0.423 e. The lowest BCUT2D eigenvalue weighted by Gasteiger charge is -2.29. The summed E-state index contributed by atoms with van der Waals surface area (Å²) in [5.74, 6) is 0. The first-order valence-corrected chi connectivity index (χ1v) is 6.11. The van der Waals surface area contributed by atoms with Crippen molar-refractivity contribution >= 4 is 16.7 Å². The predicted octanol–water partition coefficient (Wildman–Crippen LogP) is 1.94. The molecule has 1 fully saturated rings. The second-order valence-electron chi connectivity index (χ2n) is 4.55. The van der Waals surface area contributed by atoms with E-state index in [0.717, 1.165) is 29.7 Å². The number of ether oxygens (including phenoxy) is 1. The molecule has 1 saturated heterocycles. The highest BCUT2D eigenvalue weighted by atomic mass is 16.5. The summed E-state index contributed by atoms with van der Waals surface area (Å²) in [6.07, 6.45) is 0. The molecule has 0 aliphatic carbocycles. The van der Waals surface area contributed by atoms with Crippen LogP contribution in [0.1, 0.15) is 5.56 Å². The van der Waals surface area contributed by atoms with Crippen molar-refractivity contribution in [3.63, 3.8) is 0 Å². The van der Waals surface area contributed by atoms with E-state index in [1.165, 1.54) is 0 Å². The summed E-state index contributed by atoms with van der Waals surface area (Å²) in [6.45, 7) is 5.06. The molecular formula is C14H15NO3. The molecule has 94 valence electrons. The highest BCUT2D eigenvalue weighted by Gasteiger charge is 2.15. The molecule has 3 rings (SSSR count). The predicted molar refractivity (Wildman–Crippen MR) is 70.3 cm³/mol. The van der Waals surface area contributed by atoms with Crippen LogP contribution in [0.3, 0.4) is 0 Å². The first-order valence-electron chi connectivity index (χ1n) is 6.11. The Morgan fingerprint density at radius 2 is 1.94 bits per heavy atom. The fraction of sp³-hybridized carbons (Fsp3) is 0.357. The molecule has 0 N–H and O–H groups in total. The highest BCUT2D eigenvalue weighted by molar-refractivity contribution is 5.90. The van der Waals surface area contributed by atoms with Crippen LogP contribution in [0.15, 0.2) is 33.5 Å². The number of hydrogen-bond donors (Lipinski definition) is 0. The Labute approximate surface area is 105 Å². The Balaban J connectivity index is 2.19. The van der Waals surface area contributed by atoms with E-state index in [0.29, 0.717) is 18.8 Å². The number of aryl methyl sites for hydroxylation is 1. The van der Waals surface area contributed by atoms with Crippen LogP contribution in [0.25, 0.3) is 11.0 Å². The number of hydrogen-bond acceptors (Lipinski definition) is 4. The van der Waals surface area contributed by atoms with Gasteiger partial charge >= 0.3 is 5.63 Å². The van der Waals surface area contributed by atoms with Crippen molar-refractivity contribution in [2.24, 2.45) is 0 Å². The van der Waals surface area contributed by atoms with E-state index < -0.39 is 0 Å². The van der Waals surface area contributed by atoms with Gasteiger partial charge in [-0.3, -0.25) is 0 Å². The molecule has 0 radical (unpaired) electrons. The minimum atomic E-state index is -0.298. The number of nitrogens with zero attached hydrogens (tertiary/aromatic N) is 1. The van der Waals surface area contributed by atoms with Crippen molar-refractivity contribution in [2.75, 3.05) is 31.2 Å². The Morgan fingerprint density at radius 3 is 2.72 bits per heavy atom. The molecule has 1 aromatic carbocycles. The van der Waals surface area contributed by atoms with E-state index in [1.807, 2.05) is 19.1 Å². The zero-order valence-electron chi connectivity index (χ0n) is 10.3. The van der Waals surface area contributed by atoms with Crippen LogP contribution < -0.4 is 10.5 Å². The van der Waals surface area contributed by atoms with Crippen LogP contribution in [-0.4, -0.2) is 26.3 Å². The standard InChI is InChI=1S/C14H15NO3/c1-10-2-3-13-11(8-10)12(9-14(16)18-13)15-4-6-17-7-5-15/h2-3,8-9H,4-7H2,1H3. The second kappa shape index (κ2) is 4.46. The van der Waals surface area contributed by atoms with Gasteiger partial charge in [0.2, 0.25) is 0 Å². The molecule has 0 amide bonds. The highest BCUT2D eigenvalue weighted by Crippen LogP contribution is 2.26. The van der Waals surface area contributed by atoms with Crippen LogP contribution in [0.4, 0.5) is 5.69 Å². The SMILES string of the molecule is Cc1ccc2oc(=O)cc(N3CCOCC3)c2c1. The quantitative estimate of drug-likeness (QED) is 0.720. The van der Waals surface area contributed by atoms with Crippen molar-refractivity contribution in [1.82, 2.24) is 0 Å². The molecule has 0 unspecified atom stereocenters. The minimum absolute atomic E-state index is 0.298. The third-order valence-corrected chi connectivity index (χ3v) is 3.23. The first-order chi connectivity index (χ1) is 8.74. The van der Waals surface area contributed by atoms with E-state index in [4.69, 9.17) is 9.15 Å². The molecule has 1 aromatic heterocycles. The van der Waals surface area contributed by atoms with Gasteiger partial charge in [0.1, 0.15) is 5.58 Å². The fourth-order valence-corrected chi connectivity index (χ4v) is 2.33. The molecule has 2 heterocycles. The number of benzene rings is 1. The Kier molecular flexibility index (Phi) is 2.80. The van der Waals surface area contributed by atoms with Crippen molar-refractivity contribution < 1.29 is 9.15 Å². The molecule has 1 aliphatic heterocycles. The molecule has 4 heteroatoms. The monoisotopic (exact) mass is 245 g/mol. The molecule has 1 aliphatic rings. The van der Waals surface area contributed by atoms with Crippen molar-refractivity contribution in [3.8, 4) is 0 Å². The van der Waals surface area contributed by atoms with Gasteiger partial charge in [0.05, 0.1) is 18.9 Å². The lowest BCUT2D eigenvalue weighted by molar-refractivity contribution is 0.123.